The molecule has 0 saturated heterocycles. The Morgan fingerprint density at radius 2 is 2.07 bits per heavy atom. The summed E-state index contributed by atoms with van der Waals surface area (Å²) in [7, 11) is 1.52. The van der Waals surface area contributed by atoms with Crippen molar-refractivity contribution >= 4 is 12.0 Å². The van der Waals surface area contributed by atoms with Gasteiger partial charge in [0.05, 0.1) is 5.41 Å². The molecular formula is C10H18N2O3. The van der Waals surface area contributed by atoms with E-state index >= 15 is 0 Å². The Morgan fingerprint density at radius 1 is 1.40 bits per heavy atom. The number of carbonyl (C=O) groups is 2. The molecule has 1 fully saturated rings. The molecule has 0 aliphatic heterocycles. The third kappa shape index (κ3) is 2.40. The van der Waals surface area contributed by atoms with Gasteiger partial charge in [0.1, 0.15) is 0 Å². The van der Waals surface area contributed by atoms with Crippen molar-refractivity contribution in [3.05, 3.63) is 0 Å². The van der Waals surface area contributed by atoms with Gasteiger partial charge < -0.3 is 15.7 Å². The Hall–Kier alpha value is -1.26. The number of hydrogen-bond acceptors (Lipinski definition) is 2. The average Bonchev–Trinajstić information content (AvgIpc) is 2.21. The van der Waals surface area contributed by atoms with Crippen LogP contribution < -0.4 is 10.6 Å². The first-order valence-corrected chi connectivity index (χ1v) is 5.22. The second kappa shape index (κ2) is 4.51. The molecule has 5 heteroatoms. The minimum absolute atomic E-state index is 0.274. The lowest BCUT2D eigenvalue weighted by atomic mass is 9.72. The fraction of sp³-hybridized carbons (Fsp3) is 0.800. The molecule has 15 heavy (non-hydrogen) atoms. The van der Waals surface area contributed by atoms with Gasteiger partial charge in [0.2, 0.25) is 0 Å². The van der Waals surface area contributed by atoms with Crippen LogP contribution >= 0.6 is 0 Å². The van der Waals surface area contributed by atoms with E-state index < -0.39 is 11.4 Å². The molecule has 2 amide bonds. The number of carboxylic acids is 1. The van der Waals surface area contributed by atoms with E-state index in [-0.39, 0.29) is 12.1 Å². The maximum Gasteiger partial charge on any atom is 0.314 e. The molecule has 1 rings (SSSR count). The molecule has 1 saturated carbocycles. The van der Waals surface area contributed by atoms with Crippen LogP contribution in [0.4, 0.5) is 4.79 Å². The molecule has 0 heterocycles. The minimum Gasteiger partial charge on any atom is -0.481 e. The first-order valence-electron chi connectivity index (χ1n) is 5.22. The topological polar surface area (TPSA) is 78.4 Å². The number of rotatable bonds is 2. The van der Waals surface area contributed by atoms with Crippen molar-refractivity contribution in [3.8, 4) is 0 Å². The molecule has 5 nitrogen and oxygen atoms in total. The van der Waals surface area contributed by atoms with Crippen molar-refractivity contribution in [1.82, 2.24) is 10.6 Å². The molecule has 86 valence electrons. The van der Waals surface area contributed by atoms with Gasteiger partial charge >= 0.3 is 12.0 Å². The van der Waals surface area contributed by atoms with Gasteiger partial charge in [-0.05, 0) is 19.8 Å². The highest BCUT2D eigenvalue weighted by Crippen LogP contribution is 2.36. The largest absolute Gasteiger partial charge is 0.481 e. The second-order valence-corrected chi connectivity index (χ2v) is 4.24. The third-order valence-electron chi connectivity index (χ3n) is 3.23. The van der Waals surface area contributed by atoms with Gasteiger partial charge in [-0.1, -0.05) is 12.8 Å². The van der Waals surface area contributed by atoms with Crippen molar-refractivity contribution in [2.45, 2.75) is 38.6 Å². The zero-order valence-electron chi connectivity index (χ0n) is 9.17. The fourth-order valence-electron chi connectivity index (χ4n) is 2.05. The van der Waals surface area contributed by atoms with Crippen LogP contribution in [0.5, 0.6) is 0 Å². The van der Waals surface area contributed by atoms with Crippen molar-refractivity contribution in [3.63, 3.8) is 0 Å². The Balaban J connectivity index is 2.74. The third-order valence-corrected chi connectivity index (χ3v) is 3.23. The van der Waals surface area contributed by atoms with E-state index in [2.05, 4.69) is 10.6 Å². The van der Waals surface area contributed by atoms with E-state index in [4.69, 9.17) is 0 Å². The van der Waals surface area contributed by atoms with Crippen molar-refractivity contribution in [2.24, 2.45) is 5.41 Å². The molecular weight excluding hydrogens is 196 g/mol. The van der Waals surface area contributed by atoms with E-state index in [0.29, 0.717) is 6.42 Å². The van der Waals surface area contributed by atoms with Crippen LogP contribution in [0.15, 0.2) is 0 Å². The summed E-state index contributed by atoms with van der Waals surface area (Å²) in [5.74, 6) is -0.830. The highest BCUT2D eigenvalue weighted by Gasteiger charge is 2.43. The highest BCUT2D eigenvalue weighted by atomic mass is 16.4. The summed E-state index contributed by atoms with van der Waals surface area (Å²) in [5, 5.41) is 14.3. The number of carbonyl (C=O) groups excluding carboxylic acids is 1. The number of nitrogens with one attached hydrogen (secondary N) is 2. The summed E-state index contributed by atoms with van der Waals surface area (Å²) in [5.41, 5.74) is -0.829. The van der Waals surface area contributed by atoms with Gasteiger partial charge in [-0.15, -0.1) is 0 Å². The zero-order valence-corrected chi connectivity index (χ0v) is 9.17. The SMILES string of the molecule is CNC(=O)NC1CCCCC1(C)C(=O)O. The Kier molecular flexibility index (Phi) is 3.55. The summed E-state index contributed by atoms with van der Waals surface area (Å²) in [4.78, 5) is 22.4. The summed E-state index contributed by atoms with van der Waals surface area (Å²) in [6.07, 6.45) is 3.24. The lowest BCUT2D eigenvalue weighted by Gasteiger charge is -2.38. The number of aliphatic carboxylic acids is 1. The number of carboxylic acid groups (broad SMARTS) is 1. The predicted molar refractivity (Wildman–Crippen MR) is 55.6 cm³/mol. The van der Waals surface area contributed by atoms with Crippen LogP contribution in [0.3, 0.4) is 0 Å². The first kappa shape index (κ1) is 11.8. The zero-order chi connectivity index (χ0) is 11.5. The van der Waals surface area contributed by atoms with E-state index in [1.54, 1.807) is 6.92 Å². The average molecular weight is 214 g/mol. The molecule has 0 spiro atoms. The van der Waals surface area contributed by atoms with Crippen molar-refractivity contribution < 1.29 is 14.7 Å². The summed E-state index contributed by atoms with van der Waals surface area (Å²) < 4.78 is 0. The van der Waals surface area contributed by atoms with Crippen LogP contribution in [-0.2, 0) is 4.79 Å². The van der Waals surface area contributed by atoms with Gasteiger partial charge in [-0.3, -0.25) is 4.79 Å². The van der Waals surface area contributed by atoms with E-state index in [9.17, 15) is 14.7 Å². The Morgan fingerprint density at radius 3 is 2.60 bits per heavy atom. The molecule has 1 aliphatic carbocycles. The van der Waals surface area contributed by atoms with E-state index in [1.807, 2.05) is 0 Å². The monoisotopic (exact) mass is 214 g/mol. The van der Waals surface area contributed by atoms with Gasteiger partial charge in [0.15, 0.2) is 0 Å². The van der Waals surface area contributed by atoms with Crippen LogP contribution in [0, 0.1) is 5.41 Å². The minimum atomic E-state index is -0.830. The molecule has 2 unspecified atom stereocenters. The van der Waals surface area contributed by atoms with Crippen LogP contribution in [0.25, 0.3) is 0 Å². The highest BCUT2D eigenvalue weighted by molar-refractivity contribution is 5.78. The summed E-state index contributed by atoms with van der Waals surface area (Å²) in [6, 6.07) is -0.585. The molecule has 0 bridgehead atoms. The van der Waals surface area contributed by atoms with Crippen LogP contribution in [-0.4, -0.2) is 30.2 Å². The smallest absolute Gasteiger partial charge is 0.314 e. The van der Waals surface area contributed by atoms with Crippen molar-refractivity contribution in [1.29, 1.82) is 0 Å². The van der Waals surface area contributed by atoms with Gasteiger partial charge in [0.25, 0.3) is 0 Å². The number of amides is 2. The molecule has 1 aliphatic rings. The molecule has 0 aromatic carbocycles. The number of hydrogen-bond donors (Lipinski definition) is 3. The summed E-state index contributed by atoms with van der Waals surface area (Å²) >= 11 is 0. The maximum atomic E-state index is 11.2. The van der Waals surface area contributed by atoms with E-state index in [0.717, 1.165) is 19.3 Å². The lowest BCUT2D eigenvalue weighted by molar-refractivity contribution is -0.151. The van der Waals surface area contributed by atoms with Gasteiger partial charge in [-0.2, -0.15) is 0 Å². The van der Waals surface area contributed by atoms with Crippen LogP contribution in [0.2, 0.25) is 0 Å². The normalized spacial score (nSPS) is 30.7. The van der Waals surface area contributed by atoms with Crippen LogP contribution in [0.1, 0.15) is 32.6 Å². The Bertz CT molecular complexity index is 267. The lowest BCUT2D eigenvalue weighted by Crippen LogP contribution is -2.54. The predicted octanol–water partition coefficient (Wildman–Crippen LogP) is 0.949. The molecule has 2 atom stereocenters. The molecule has 0 aromatic heterocycles. The fourth-order valence-corrected chi connectivity index (χ4v) is 2.05. The standard InChI is InChI=1S/C10H18N2O3/c1-10(8(13)14)6-4-3-5-7(10)12-9(15)11-2/h7H,3-6H2,1-2H3,(H,13,14)(H2,11,12,15). The second-order valence-electron chi connectivity index (χ2n) is 4.24. The molecule has 0 aromatic rings. The van der Waals surface area contributed by atoms with E-state index in [1.165, 1.54) is 7.05 Å². The summed E-state index contributed by atoms with van der Waals surface area (Å²) in [6.45, 7) is 1.70. The Labute approximate surface area is 89.2 Å². The van der Waals surface area contributed by atoms with Gasteiger partial charge in [0, 0.05) is 13.1 Å². The number of urea groups is 1. The maximum absolute atomic E-state index is 11.2. The van der Waals surface area contributed by atoms with Gasteiger partial charge in [-0.25, -0.2) is 4.79 Å². The quantitative estimate of drug-likeness (QED) is 0.640. The van der Waals surface area contributed by atoms with Crippen molar-refractivity contribution in [2.75, 3.05) is 7.05 Å². The molecule has 0 radical (unpaired) electrons. The molecule has 3 N–H and O–H groups in total. The first-order chi connectivity index (χ1) is 7.00.